The summed E-state index contributed by atoms with van der Waals surface area (Å²) in [7, 11) is 0. The van der Waals surface area contributed by atoms with Crippen LogP contribution in [-0.2, 0) is 0 Å². The molecule has 0 aliphatic rings. The third kappa shape index (κ3) is 2.01. The Labute approximate surface area is 122 Å². The van der Waals surface area contributed by atoms with Crippen molar-refractivity contribution in [1.29, 1.82) is 0 Å². The number of fused-ring (bicyclic) bond motifs is 1. The number of benzene rings is 1. The van der Waals surface area contributed by atoms with Crippen LogP contribution in [0.1, 0.15) is 0 Å². The van der Waals surface area contributed by atoms with Crippen LogP contribution in [0.3, 0.4) is 0 Å². The zero-order chi connectivity index (χ0) is 14.3. The number of pyridine rings is 1. The van der Waals surface area contributed by atoms with E-state index in [0.717, 1.165) is 0 Å². The van der Waals surface area contributed by atoms with Crippen LogP contribution >= 0.6 is 23.2 Å². The summed E-state index contributed by atoms with van der Waals surface area (Å²) in [5.41, 5.74) is -0.245. The Morgan fingerprint density at radius 3 is 2.50 bits per heavy atom. The molecule has 0 radical (unpaired) electrons. The maximum atomic E-state index is 12.1. The molecule has 7 heteroatoms. The summed E-state index contributed by atoms with van der Waals surface area (Å²) < 4.78 is 1.33. The molecule has 1 N–H and O–H groups in total. The molecule has 0 fully saturated rings. The van der Waals surface area contributed by atoms with Gasteiger partial charge in [-0.15, -0.1) is 0 Å². The van der Waals surface area contributed by atoms with Crippen molar-refractivity contribution < 1.29 is 0 Å². The third-order valence-electron chi connectivity index (χ3n) is 2.83. The zero-order valence-corrected chi connectivity index (χ0v) is 11.4. The number of H-pyrrole nitrogens is 1. The molecule has 0 spiro atoms. The van der Waals surface area contributed by atoms with E-state index in [1.54, 1.807) is 24.3 Å². The van der Waals surface area contributed by atoms with E-state index in [-0.39, 0.29) is 15.7 Å². The number of nitrogens with one attached hydrogen (secondary N) is 1. The summed E-state index contributed by atoms with van der Waals surface area (Å²) in [6, 6.07) is 10.3. The highest BCUT2D eigenvalue weighted by atomic mass is 35.5. The minimum Gasteiger partial charge on any atom is -0.273 e. The molecule has 0 bridgehead atoms. The number of rotatable bonds is 1. The molecule has 0 saturated heterocycles. The van der Waals surface area contributed by atoms with Gasteiger partial charge in [-0.2, -0.15) is 0 Å². The Morgan fingerprint density at radius 2 is 1.80 bits per heavy atom. The van der Waals surface area contributed by atoms with Gasteiger partial charge in [0.1, 0.15) is 15.7 Å². The van der Waals surface area contributed by atoms with Gasteiger partial charge in [0, 0.05) is 6.07 Å². The molecule has 3 rings (SSSR count). The Kier molecular flexibility index (Phi) is 3.08. The van der Waals surface area contributed by atoms with Gasteiger partial charge in [-0.25, -0.2) is 9.78 Å². The number of aromatic amines is 1. The summed E-state index contributed by atoms with van der Waals surface area (Å²) in [4.78, 5) is 30.0. The zero-order valence-electron chi connectivity index (χ0n) is 9.93. The molecule has 2 heterocycles. The van der Waals surface area contributed by atoms with Crippen LogP contribution in [0.15, 0.2) is 46.0 Å². The maximum Gasteiger partial charge on any atom is 0.333 e. The lowest BCUT2D eigenvalue weighted by molar-refractivity contribution is 0.940. The Balaban J connectivity index is 2.56. The fourth-order valence-corrected chi connectivity index (χ4v) is 2.52. The van der Waals surface area contributed by atoms with Crippen molar-refractivity contribution in [3.63, 3.8) is 0 Å². The molecular weight excluding hydrogens is 301 g/mol. The molecule has 1 aromatic carbocycles. The average molecular weight is 308 g/mol. The number of nitrogens with zero attached hydrogens (tertiary/aromatic N) is 2. The van der Waals surface area contributed by atoms with Crippen LogP contribution in [-0.4, -0.2) is 14.5 Å². The van der Waals surface area contributed by atoms with E-state index in [2.05, 4.69) is 9.97 Å². The van der Waals surface area contributed by atoms with Crippen molar-refractivity contribution >= 4 is 34.1 Å². The van der Waals surface area contributed by atoms with Gasteiger partial charge in [0.25, 0.3) is 5.56 Å². The van der Waals surface area contributed by atoms with Crippen molar-refractivity contribution in [2.24, 2.45) is 0 Å². The number of hydrogen-bond acceptors (Lipinski definition) is 3. The maximum absolute atomic E-state index is 12.1. The molecule has 0 amide bonds. The van der Waals surface area contributed by atoms with Gasteiger partial charge in [-0.1, -0.05) is 41.4 Å². The van der Waals surface area contributed by atoms with E-state index >= 15 is 0 Å². The first-order chi connectivity index (χ1) is 9.58. The van der Waals surface area contributed by atoms with Gasteiger partial charge in [0.2, 0.25) is 0 Å². The lowest BCUT2D eigenvalue weighted by Crippen LogP contribution is -2.29. The number of aromatic nitrogens is 3. The van der Waals surface area contributed by atoms with Gasteiger partial charge >= 0.3 is 5.69 Å². The molecule has 0 unspecified atom stereocenters. The molecule has 2 aromatic heterocycles. The van der Waals surface area contributed by atoms with Crippen molar-refractivity contribution in [2.75, 3.05) is 0 Å². The number of para-hydroxylation sites is 1. The van der Waals surface area contributed by atoms with Crippen molar-refractivity contribution in [1.82, 2.24) is 14.5 Å². The van der Waals surface area contributed by atoms with Crippen LogP contribution in [0.25, 0.3) is 16.6 Å². The first-order valence-electron chi connectivity index (χ1n) is 5.64. The summed E-state index contributed by atoms with van der Waals surface area (Å²) in [5, 5.41) is 0.190. The summed E-state index contributed by atoms with van der Waals surface area (Å²) in [5.74, 6) is 0. The molecular formula is C13H7Cl2N3O2. The fraction of sp³-hybridized carbons (Fsp3) is 0. The van der Waals surface area contributed by atoms with Crippen LogP contribution in [0.2, 0.25) is 10.3 Å². The Bertz CT molecular complexity index is 917. The van der Waals surface area contributed by atoms with Crippen LogP contribution in [0.4, 0.5) is 0 Å². The van der Waals surface area contributed by atoms with Crippen LogP contribution in [0, 0.1) is 0 Å². The SMILES string of the molecule is O=c1[nH]c(=O)n(-c2ccccc2)c2cc(Cl)nc(Cl)c12. The minimum atomic E-state index is -0.591. The molecule has 5 nitrogen and oxygen atoms in total. The molecule has 20 heavy (non-hydrogen) atoms. The largest absolute Gasteiger partial charge is 0.333 e. The molecule has 3 aromatic rings. The molecule has 0 saturated carbocycles. The van der Waals surface area contributed by atoms with Crippen molar-refractivity contribution in [3.05, 3.63) is 67.5 Å². The third-order valence-corrected chi connectivity index (χ3v) is 3.30. The minimum absolute atomic E-state index is 0.0431. The average Bonchev–Trinajstić information content (AvgIpc) is 2.38. The Hall–Kier alpha value is -2.11. The van der Waals surface area contributed by atoms with E-state index in [4.69, 9.17) is 23.2 Å². The quantitative estimate of drug-likeness (QED) is 0.702. The van der Waals surface area contributed by atoms with E-state index in [9.17, 15) is 9.59 Å². The molecule has 0 aliphatic heterocycles. The van der Waals surface area contributed by atoms with E-state index in [1.807, 2.05) is 6.07 Å². The first kappa shape index (κ1) is 12.9. The van der Waals surface area contributed by atoms with Gasteiger partial charge in [0.05, 0.1) is 11.2 Å². The predicted molar refractivity (Wildman–Crippen MR) is 78.0 cm³/mol. The van der Waals surface area contributed by atoms with Crippen molar-refractivity contribution in [3.8, 4) is 5.69 Å². The smallest absolute Gasteiger partial charge is 0.273 e. The van der Waals surface area contributed by atoms with Gasteiger partial charge in [0.15, 0.2) is 0 Å². The highest BCUT2D eigenvalue weighted by molar-refractivity contribution is 6.36. The van der Waals surface area contributed by atoms with Crippen molar-refractivity contribution in [2.45, 2.75) is 0 Å². The highest BCUT2D eigenvalue weighted by Gasteiger charge is 2.14. The molecule has 0 atom stereocenters. The van der Waals surface area contributed by atoms with Crippen LogP contribution < -0.4 is 11.2 Å². The van der Waals surface area contributed by atoms with E-state index < -0.39 is 11.2 Å². The number of hydrogen-bond donors (Lipinski definition) is 1. The second kappa shape index (κ2) is 4.77. The van der Waals surface area contributed by atoms with E-state index in [1.165, 1.54) is 10.6 Å². The van der Waals surface area contributed by atoms with Gasteiger partial charge in [-0.3, -0.25) is 14.3 Å². The lowest BCUT2D eigenvalue weighted by atomic mass is 10.2. The van der Waals surface area contributed by atoms with Crippen LogP contribution in [0.5, 0.6) is 0 Å². The fourth-order valence-electron chi connectivity index (χ4n) is 2.02. The summed E-state index contributed by atoms with van der Waals surface area (Å²) >= 11 is 11.8. The Morgan fingerprint density at radius 1 is 1.10 bits per heavy atom. The summed E-state index contributed by atoms with van der Waals surface area (Å²) in [6.07, 6.45) is 0. The summed E-state index contributed by atoms with van der Waals surface area (Å²) in [6.45, 7) is 0. The predicted octanol–water partition coefficient (Wildman–Crippen LogP) is 2.38. The second-order valence-electron chi connectivity index (χ2n) is 4.06. The standard InChI is InChI=1S/C13H7Cl2N3O2/c14-9-6-8-10(11(15)16-9)12(19)17-13(20)18(8)7-4-2-1-3-5-7/h1-6H,(H,17,19,20). The van der Waals surface area contributed by atoms with Gasteiger partial charge in [-0.05, 0) is 12.1 Å². The molecule has 0 aliphatic carbocycles. The first-order valence-corrected chi connectivity index (χ1v) is 6.40. The second-order valence-corrected chi connectivity index (χ2v) is 4.81. The topological polar surface area (TPSA) is 67.8 Å². The molecule has 100 valence electrons. The lowest BCUT2D eigenvalue weighted by Gasteiger charge is -2.10. The number of halogens is 2. The normalized spacial score (nSPS) is 10.9. The highest BCUT2D eigenvalue weighted by Crippen LogP contribution is 2.22. The monoisotopic (exact) mass is 307 g/mol. The van der Waals surface area contributed by atoms with Gasteiger partial charge < -0.3 is 0 Å². The van der Waals surface area contributed by atoms with E-state index in [0.29, 0.717) is 11.2 Å².